The molecule has 1 aromatic carbocycles. The number of phenolic OH excluding ortho intramolecular Hbond substituents is 1. The molecule has 1 heterocycles. The molecule has 16 heavy (non-hydrogen) atoms. The molecule has 0 bridgehead atoms. The second kappa shape index (κ2) is 5.17. The van der Waals surface area contributed by atoms with Gasteiger partial charge in [0.15, 0.2) is 0 Å². The Labute approximate surface area is 104 Å². The van der Waals surface area contributed by atoms with Crippen molar-refractivity contribution in [1.29, 1.82) is 0 Å². The minimum Gasteiger partial charge on any atom is -0.508 e. The van der Waals surface area contributed by atoms with Crippen molar-refractivity contribution < 1.29 is 9.84 Å². The van der Waals surface area contributed by atoms with E-state index in [1.165, 1.54) is 0 Å². The predicted molar refractivity (Wildman–Crippen MR) is 66.5 cm³/mol. The molecule has 0 saturated carbocycles. The normalized spacial score (nSPS) is 24.9. The van der Waals surface area contributed by atoms with Gasteiger partial charge in [0, 0.05) is 29.2 Å². The average molecular weight is 286 g/mol. The molecule has 1 saturated heterocycles. The molecule has 1 fully saturated rings. The summed E-state index contributed by atoms with van der Waals surface area (Å²) in [6.45, 7) is 3.57. The zero-order chi connectivity index (χ0) is 11.5. The van der Waals surface area contributed by atoms with Crippen LogP contribution in [0.15, 0.2) is 22.7 Å². The molecule has 3 nitrogen and oxygen atoms in total. The molecule has 0 amide bonds. The van der Waals surface area contributed by atoms with Gasteiger partial charge in [0.1, 0.15) is 5.75 Å². The van der Waals surface area contributed by atoms with Crippen molar-refractivity contribution in [2.75, 3.05) is 6.61 Å². The van der Waals surface area contributed by atoms with E-state index in [1.807, 2.05) is 12.1 Å². The molecular weight excluding hydrogens is 270 g/mol. The van der Waals surface area contributed by atoms with Crippen molar-refractivity contribution >= 4 is 15.9 Å². The van der Waals surface area contributed by atoms with Gasteiger partial charge in [-0.25, -0.2) is 0 Å². The summed E-state index contributed by atoms with van der Waals surface area (Å²) in [7, 11) is 0. The van der Waals surface area contributed by atoms with Crippen molar-refractivity contribution in [1.82, 2.24) is 5.32 Å². The summed E-state index contributed by atoms with van der Waals surface area (Å²) in [4.78, 5) is 0. The third kappa shape index (κ3) is 2.75. The number of ether oxygens (including phenoxy) is 1. The topological polar surface area (TPSA) is 41.5 Å². The van der Waals surface area contributed by atoms with Crippen molar-refractivity contribution in [3.8, 4) is 5.75 Å². The second-order valence-electron chi connectivity index (χ2n) is 4.13. The van der Waals surface area contributed by atoms with Gasteiger partial charge >= 0.3 is 0 Å². The first-order valence-corrected chi connectivity index (χ1v) is 6.28. The van der Waals surface area contributed by atoms with E-state index >= 15 is 0 Å². The third-order valence-corrected chi connectivity index (χ3v) is 3.47. The van der Waals surface area contributed by atoms with Crippen LogP contribution in [0.3, 0.4) is 0 Å². The van der Waals surface area contributed by atoms with E-state index in [4.69, 9.17) is 4.74 Å². The highest BCUT2D eigenvalue weighted by atomic mass is 79.9. The van der Waals surface area contributed by atoms with Crippen LogP contribution in [0.2, 0.25) is 0 Å². The van der Waals surface area contributed by atoms with E-state index in [9.17, 15) is 5.11 Å². The average Bonchev–Trinajstić information content (AvgIpc) is 2.66. The van der Waals surface area contributed by atoms with Gasteiger partial charge in [-0.15, -0.1) is 0 Å². The molecule has 1 aliphatic heterocycles. The van der Waals surface area contributed by atoms with Crippen LogP contribution < -0.4 is 5.32 Å². The fourth-order valence-electron chi connectivity index (χ4n) is 1.94. The van der Waals surface area contributed by atoms with Gasteiger partial charge in [0.25, 0.3) is 0 Å². The summed E-state index contributed by atoms with van der Waals surface area (Å²) in [5.74, 6) is 0.335. The first-order chi connectivity index (χ1) is 7.66. The molecule has 0 aromatic heterocycles. The fraction of sp³-hybridized carbons (Fsp3) is 0.500. The summed E-state index contributed by atoms with van der Waals surface area (Å²) in [5.41, 5.74) is 0.911. The van der Waals surface area contributed by atoms with E-state index in [2.05, 4.69) is 28.2 Å². The lowest BCUT2D eigenvalue weighted by molar-refractivity contribution is 0.113. The molecule has 4 heteroatoms. The van der Waals surface area contributed by atoms with Gasteiger partial charge in [-0.2, -0.15) is 0 Å². The number of halogens is 1. The summed E-state index contributed by atoms with van der Waals surface area (Å²) < 4.78 is 6.46. The minimum absolute atomic E-state index is 0.259. The number of aromatic hydroxyl groups is 1. The summed E-state index contributed by atoms with van der Waals surface area (Å²) in [6, 6.07) is 5.86. The van der Waals surface area contributed by atoms with E-state index in [0.29, 0.717) is 18.3 Å². The van der Waals surface area contributed by atoms with Crippen molar-refractivity contribution in [3.05, 3.63) is 28.2 Å². The molecule has 0 spiro atoms. The Bertz CT molecular complexity index is 370. The zero-order valence-electron chi connectivity index (χ0n) is 9.24. The van der Waals surface area contributed by atoms with Gasteiger partial charge < -0.3 is 15.2 Å². The first kappa shape index (κ1) is 11.9. The number of phenols is 1. The predicted octanol–water partition coefficient (Wildman–Crippen LogP) is 2.42. The number of nitrogens with one attached hydrogen (secondary N) is 1. The minimum atomic E-state index is 0.259. The molecule has 1 aliphatic rings. The van der Waals surface area contributed by atoms with Crippen LogP contribution in [0.5, 0.6) is 5.75 Å². The Kier molecular flexibility index (Phi) is 3.84. The Hall–Kier alpha value is -0.580. The third-order valence-electron chi connectivity index (χ3n) is 2.97. The summed E-state index contributed by atoms with van der Waals surface area (Å²) >= 11 is 3.40. The van der Waals surface area contributed by atoms with Gasteiger partial charge in [0.05, 0.1) is 6.10 Å². The number of rotatable bonds is 3. The van der Waals surface area contributed by atoms with E-state index in [-0.39, 0.29) is 6.10 Å². The zero-order valence-corrected chi connectivity index (χ0v) is 10.8. The van der Waals surface area contributed by atoms with Crippen LogP contribution in [-0.2, 0) is 11.3 Å². The lowest BCUT2D eigenvalue weighted by atomic mass is 10.1. The van der Waals surface area contributed by atoms with Crippen LogP contribution >= 0.6 is 15.9 Å². The quantitative estimate of drug-likeness (QED) is 0.896. The van der Waals surface area contributed by atoms with E-state index < -0.39 is 0 Å². The van der Waals surface area contributed by atoms with Crippen LogP contribution in [0.1, 0.15) is 18.9 Å². The number of hydrogen-bond acceptors (Lipinski definition) is 3. The molecule has 1 aromatic rings. The summed E-state index contributed by atoms with van der Waals surface area (Å²) in [6.07, 6.45) is 1.30. The van der Waals surface area contributed by atoms with Gasteiger partial charge in [0.2, 0.25) is 0 Å². The Morgan fingerprint density at radius 3 is 3.06 bits per heavy atom. The highest BCUT2D eigenvalue weighted by Gasteiger charge is 2.23. The SMILES string of the molecule is CC1OCCC1NCc1cc(Br)ccc1O. The first-order valence-electron chi connectivity index (χ1n) is 5.49. The molecule has 2 N–H and O–H groups in total. The summed E-state index contributed by atoms with van der Waals surface area (Å²) in [5, 5.41) is 13.1. The van der Waals surface area contributed by atoms with Crippen LogP contribution in [0.4, 0.5) is 0 Å². The Morgan fingerprint density at radius 1 is 1.56 bits per heavy atom. The maximum Gasteiger partial charge on any atom is 0.120 e. The maximum atomic E-state index is 9.68. The number of hydrogen-bond donors (Lipinski definition) is 2. The molecular formula is C12H16BrNO2. The standard InChI is InChI=1S/C12H16BrNO2/c1-8-11(4-5-16-8)14-7-9-6-10(13)2-3-12(9)15/h2-3,6,8,11,14-15H,4-5,7H2,1H3. The number of benzene rings is 1. The lowest BCUT2D eigenvalue weighted by Crippen LogP contribution is -2.34. The van der Waals surface area contributed by atoms with Gasteiger partial charge in [-0.05, 0) is 31.5 Å². The lowest BCUT2D eigenvalue weighted by Gasteiger charge is -2.16. The largest absolute Gasteiger partial charge is 0.508 e. The molecule has 2 atom stereocenters. The van der Waals surface area contributed by atoms with Crippen LogP contribution in [0.25, 0.3) is 0 Å². The van der Waals surface area contributed by atoms with Crippen LogP contribution in [-0.4, -0.2) is 23.9 Å². The van der Waals surface area contributed by atoms with E-state index in [0.717, 1.165) is 23.1 Å². The molecule has 2 unspecified atom stereocenters. The van der Waals surface area contributed by atoms with Gasteiger partial charge in [-0.3, -0.25) is 0 Å². The molecule has 2 rings (SSSR count). The smallest absolute Gasteiger partial charge is 0.120 e. The van der Waals surface area contributed by atoms with Gasteiger partial charge in [-0.1, -0.05) is 15.9 Å². The molecule has 88 valence electrons. The Morgan fingerprint density at radius 2 is 2.38 bits per heavy atom. The van der Waals surface area contributed by atoms with E-state index in [1.54, 1.807) is 6.07 Å². The molecule has 0 radical (unpaired) electrons. The fourth-order valence-corrected chi connectivity index (χ4v) is 2.35. The van der Waals surface area contributed by atoms with Crippen LogP contribution in [0, 0.1) is 0 Å². The highest BCUT2D eigenvalue weighted by Crippen LogP contribution is 2.22. The second-order valence-corrected chi connectivity index (χ2v) is 5.04. The van der Waals surface area contributed by atoms with Crippen molar-refractivity contribution in [3.63, 3.8) is 0 Å². The van der Waals surface area contributed by atoms with Crippen molar-refractivity contribution in [2.24, 2.45) is 0 Å². The highest BCUT2D eigenvalue weighted by molar-refractivity contribution is 9.10. The molecule has 0 aliphatic carbocycles. The maximum absolute atomic E-state index is 9.68. The Balaban J connectivity index is 1.96. The monoisotopic (exact) mass is 285 g/mol. The van der Waals surface area contributed by atoms with Crippen molar-refractivity contribution in [2.45, 2.75) is 32.0 Å².